The summed E-state index contributed by atoms with van der Waals surface area (Å²) in [5, 5.41) is 9.63. The molecule has 8 nitrogen and oxygen atoms in total. The molecule has 0 bridgehead atoms. The maximum Gasteiger partial charge on any atom is 0.340 e. The molecule has 1 unspecified atom stereocenters. The van der Waals surface area contributed by atoms with Crippen LogP contribution >= 0.6 is 0 Å². The summed E-state index contributed by atoms with van der Waals surface area (Å²) in [6.07, 6.45) is 1.98. The number of H-pyrrole nitrogens is 1. The van der Waals surface area contributed by atoms with Crippen molar-refractivity contribution >= 4 is 32.6 Å². The molecule has 0 aliphatic carbocycles. The van der Waals surface area contributed by atoms with Crippen LogP contribution in [0, 0.1) is 0 Å². The molecule has 1 aromatic heterocycles. The zero-order valence-electron chi connectivity index (χ0n) is 18.7. The number of sulfonamides is 1. The Bertz CT molecular complexity index is 1430. The molecular weight excluding hydrogens is 454 g/mol. The first-order valence-corrected chi connectivity index (χ1v) is 12.1. The Balaban J connectivity index is 1.73. The van der Waals surface area contributed by atoms with Crippen molar-refractivity contribution in [1.29, 1.82) is 0 Å². The fourth-order valence-corrected chi connectivity index (χ4v) is 4.51. The fraction of sp³-hybridized carbons (Fsp3) is 0.160. The highest BCUT2D eigenvalue weighted by molar-refractivity contribution is 7.89. The second-order valence-electron chi connectivity index (χ2n) is 7.74. The first-order valence-electron chi connectivity index (χ1n) is 10.5. The Morgan fingerprint density at radius 1 is 1.06 bits per heavy atom. The quantitative estimate of drug-likeness (QED) is 0.330. The number of fused-ring (bicyclic) bond motifs is 1. The predicted molar refractivity (Wildman–Crippen MR) is 131 cm³/mol. The van der Waals surface area contributed by atoms with E-state index in [-0.39, 0.29) is 16.4 Å². The normalized spacial score (nSPS) is 12.3. The van der Waals surface area contributed by atoms with E-state index < -0.39 is 16.0 Å². The number of aromatic nitrogens is 1. The number of para-hydroxylation sites is 1. The van der Waals surface area contributed by atoms with Crippen LogP contribution in [0.2, 0.25) is 0 Å². The van der Waals surface area contributed by atoms with Crippen LogP contribution < -0.4 is 15.2 Å². The first kappa shape index (κ1) is 23.3. The third kappa shape index (κ3) is 4.75. The average molecular weight is 480 g/mol. The minimum Gasteiger partial charge on any atom is -0.497 e. The van der Waals surface area contributed by atoms with Crippen molar-refractivity contribution in [1.82, 2.24) is 4.98 Å². The van der Waals surface area contributed by atoms with Gasteiger partial charge in [-0.25, -0.2) is 18.4 Å². The van der Waals surface area contributed by atoms with Crippen LogP contribution in [-0.2, 0) is 14.8 Å². The third-order valence-corrected chi connectivity index (χ3v) is 6.65. The van der Waals surface area contributed by atoms with Crippen molar-refractivity contribution in [2.45, 2.75) is 10.8 Å². The van der Waals surface area contributed by atoms with Crippen LogP contribution in [-0.4, -0.2) is 40.1 Å². The minimum atomic E-state index is -3.98. The predicted octanol–water partition coefficient (Wildman–Crippen LogP) is 3.85. The largest absolute Gasteiger partial charge is 0.497 e. The van der Waals surface area contributed by atoms with Gasteiger partial charge >= 0.3 is 5.97 Å². The van der Waals surface area contributed by atoms with E-state index in [1.54, 1.807) is 7.11 Å². The highest BCUT2D eigenvalue weighted by Gasteiger charge is 2.21. The number of nitrogens with two attached hydrogens (primary N) is 1. The Kier molecular flexibility index (Phi) is 6.58. The van der Waals surface area contributed by atoms with Crippen LogP contribution in [0.15, 0.2) is 77.8 Å². The zero-order valence-corrected chi connectivity index (χ0v) is 19.6. The molecule has 4 rings (SSSR count). The molecule has 34 heavy (non-hydrogen) atoms. The fourth-order valence-electron chi connectivity index (χ4n) is 3.97. The average Bonchev–Trinajstić information content (AvgIpc) is 3.27. The molecule has 0 aliphatic heterocycles. The van der Waals surface area contributed by atoms with Gasteiger partial charge in [0.15, 0.2) is 0 Å². The van der Waals surface area contributed by atoms with Gasteiger partial charge in [0.05, 0.1) is 24.7 Å². The summed E-state index contributed by atoms with van der Waals surface area (Å²) < 4.78 is 33.7. The van der Waals surface area contributed by atoms with Crippen LogP contribution in [0.25, 0.3) is 10.9 Å². The molecule has 0 amide bonds. The molecule has 1 atom stereocenters. The number of nitrogens with one attached hydrogen (secondary N) is 2. The summed E-state index contributed by atoms with van der Waals surface area (Å²) in [4.78, 5) is 15.5. The second-order valence-corrected chi connectivity index (χ2v) is 9.30. The molecule has 0 aliphatic rings. The van der Waals surface area contributed by atoms with E-state index in [1.165, 1.54) is 25.3 Å². The number of ether oxygens (including phenoxy) is 2. The van der Waals surface area contributed by atoms with Gasteiger partial charge in [-0.15, -0.1) is 0 Å². The van der Waals surface area contributed by atoms with E-state index in [4.69, 9.17) is 14.6 Å². The molecule has 0 spiro atoms. The van der Waals surface area contributed by atoms with Crippen LogP contribution in [0.3, 0.4) is 0 Å². The number of anilines is 1. The van der Waals surface area contributed by atoms with Gasteiger partial charge in [-0.1, -0.05) is 30.3 Å². The number of benzene rings is 3. The first-order chi connectivity index (χ1) is 16.3. The van der Waals surface area contributed by atoms with Crippen molar-refractivity contribution in [3.8, 4) is 5.75 Å². The van der Waals surface area contributed by atoms with Crippen LogP contribution in [0.5, 0.6) is 5.75 Å². The van der Waals surface area contributed by atoms with Gasteiger partial charge < -0.3 is 19.8 Å². The highest BCUT2D eigenvalue weighted by Crippen LogP contribution is 2.33. The number of primary sulfonamides is 1. The molecule has 0 fully saturated rings. The molecule has 3 aromatic carbocycles. The maximum atomic E-state index is 12.4. The topological polar surface area (TPSA) is 124 Å². The third-order valence-electron chi connectivity index (χ3n) is 5.74. The molecule has 176 valence electrons. The molecule has 0 saturated carbocycles. The van der Waals surface area contributed by atoms with Gasteiger partial charge in [-0.3, -0.25) is 0 Å². The number of aromatic amines is 1. The second kappa shape index (κ2) is 9.58. The van der Waals surface area contributed by atoms with Crippen molar-refractivity contribution in [2.24, 2.45) is 5.14 Å². The lowest BCUT2D eigenvalue weighted by Gasteiger charge is -2.20. The summed E-state index contributed by atoms with van der Waals surface area (Å²) in [7, 11) is -1.12. The molecular formula is C25H25N3O5S. The summed E-state index contributed by atoms with van der Waals surface area (Å²) in [6.45, 7) is 0.424. The number of esters is 1. The Hall–Kier alpha value is -3.82. The number of hydrogen-bond donors (Lipinski definition) is 3. The number of rotatable bonds is 8. The van der Waals surface area contributed by atoms with E-state index in [9.17, 15) is 13.2 Å². The molecule has 4 N–H and O–H groups in total. The zero-order chi connectivity index (χ0) is 24.3. The van der Waals surface area contributed by atoms with Crippen molar-refractivity contribution in [3.05, 3.63) is 89.6 Å². The Morgan fingerprint density at radius 3 is 2.47 bits per heavy atom. The lowest BCUT2D eigenvalue weighted by molar-refractivity contribution is 0.0601. The monoisotopic (exact) mass is 479 g/mol. The van der Waals surface area contributed by atoms with Crippen LogP contribution in [0.1, 0.15) is 27.4 Å². The molecule has 9 heteroatoms. The highest BCUT2D eigenvalue weighted by atomic mass is 32.2. The maximum absolute atomic E-state index is 12.4. The van der Waals surface area contributed by atoms with Gasteiger partial charge in [0.1, 0.15) is 5.75 Å². The lowest BCUT2D eigenvalue weighted by atomic mass is 9.90. The molecule has 4 aromatic rings. The van der Waals surface area contributed by atoms with Gasteiger partial charge in [0.25, 0.3) is 0 Å². The lowest BCUT2D eigenvalue weighted by Crippen LogP contribution is -2.18. The van der Waals surface area contributed by atoms with Gasteiger partial charge in [0.2, 0.25) is 10.0 Å². The van der Waals surface area contributed by atoms with Crippen molar-refractivity contribution in [3.63, 3.8) is 0 Å². The van der Waals surface area contributed by atoms with Gasteiger partial charge in [-0.2, -0.15) is 0 Å². The van der Waals surface area contributed by atoms with Crippen molar-refractivity contribution in [2.75, 3.05) is 26.1 Å². The summed E-state index contributed by atoms with van der Waals surface area (Å²) >= 11 is 0. The standard InChI is InChI=1S/C25H25N3O5S/c1-32-17-9-7-16(8-10-17)21(22-15-28-23-6-4-3-5-19(22)23)14-27-24-12-11-18(34(26,30)31)13-20(24)25(29)33-2/h3-13,15,21,27-28H,14H2,1-2H3,(H2,26,30,31). The Morgan fingerprint density at radius 2 is 1.79 bits per heavy atom. The van der Waals surface area contributed by atoms with E-state index >= 15 is 0 Å². The van der Waals surface area contributed by atoms with E-state index in [0.29, 0.717) is 12.2 Å². The van der Waals surface area contributed by atoms with Crippen molar-refractivity contribution < 1.29 is 22.7 Å². The Labute approximate surface area is 197 Å². The van der Waals surface area contributed by atoms with Crippen LogP contribution in [0.4, 0.5) is 5.69 Å². The minimum absolute atomic E-state index is 0.0847. The number of carbonyl (C=O) groups excluding carboxylic acids is 1. The molecule has 1 heterocycles. The number of carbonyl (C=O) groups is 1. The van der Waals surface area contributed by atoms with E-state index in [1.807, 2.05) is 48.7 Å². The smallest absolute Gasteiger partial charge is 0.340 e. The summed E-state index contributed by atoms with van der Waals surface area (Å²) in [6, 6.07) is 19.9. The molecule has 0 radical (unpaired) electrons. The number of hydrogen-bond acceptors (Lipinski definition) is 6. The SMILES string of the molecule is COC(=O)c1cc(S(N)(=O)=O)ccc1NCC(c1ccc(OC)cc1)c1c[nH]c2ccccc12. The molecule has 0 saturated heterocycles. The van der Waals surface area contributed by atoms with Gasteiger partial charge in [-0.05, 0) is 47.5 Å². The number of methoxy groups -OCH3 is 2. The summed E-state index contributed by atoms with van der Waals surface area (Å²) in [5.74, 6) is -0.00694. The summed E-state index contributed by atoms with van der Waals surface area (Å²) in [5.41, 5.74) is 3.66. The van der Waals surface area contributed by atoms with E-state index in [0.717, 1.165) is 27.8 Å². The van der Waals surface area contributed by atoms with E-state index in [2.05, 4.69) is 16.4 Å². The van der Waals surface area contributed by atoms with Gasteiger partial charge in [0, 0.05) is 35.2 Å².